The molecule has 0 unspecified atom stereocenters. The summed E-state index contributed by atoms with van der Waals surface area (Å²) in [4.78, 5) is 13.2. The fraction of sp³-hybridized carbons (Fsp3) is 0.583. The zero-order valence-corrected chi connectivity index (χ0v) is 9.85. The standard InChI is InChI=1S/C12H17NO4/c1-2-3-12(16)7-13(8-12)5-9-4-10(14)11(15)6-17-9/h4,6,15-16H,2-3,5,7-8H2,1H3. The molecule has 1 aromatic heterocycles. The summed E-state index contributed by atoms with van der Waals surface area (Å²) in [6.45, 7) is 3.73. The first-order valence-electron chi connectivity index (χ1n) is 5.78. The molecule has 94 valence electrons. The highest BCUT2D eigenvalue weighted by Crippen LogP contribution is 2.27. The largest absolute Gasteiger partial charge is 0.502 e. The third kappa shape index (κ3) is 2.68. The minimum Gasteiger partial charge on any atom is -0.502 e. The van der Waals surface area contributed by atoms with Crippen LogP contribution in [0.1, 0.15) is 25.5 Å². The van der Waals surface area contributed by atoms with Crippen molar-refractivity contribution in [3.8, 4) is 5.75 Å². The number of likely N-dealkylation sites (tertiary alicyclic amines) is 1. The molecule has 0 saturated carbocycles. The van der Waals surface area contributed by atoms with E-state index in [0.717, 1.165) is 19.1 Å². The molecule has 1 aliphatic heterocycles. The summed E-state index contributed by atoms with van der Waals surface area (Å²) in [5, 5.41) is 19.0. The topological polar surface area (TPSA) is 73.9 Å². The van der Waals surface area contributed by atoms with Crippen LogP contribution in [0.15, 0.2) is 21.5 Å². The van der Waals surface area contributed by atoms with E-state index in [9.17, 15) is 9.90 Å². The summed E-state index contributed by atoms with van der Waals surface area (Å²) in [6.07, 6.45) is 2.80. The Labute approximate surface area is 99.3 Å². The maximum Gasteiger partial charge on any atom is 0.226 e. The predicted molar refractivity (Wildman–Crippen MR) is 61.8 cm³/mol. The molecule has 1 fully saturated rings. The molecule has 2 N–H and O–H groups in total. The van der Waals surface area contributed by atoms with Crippen LogP contribution in [0.25, 0.3) is 0 Å². The summed E-state index contributed by atoms with van der Waals surface area (Å²) >= 11 is 0. The van der Waals surface area contributed by atoms with Gasteiger partial charge in [0.05, 0.1) is 12.1 Å². The van der Waals surface area contributed by atoms with Gasteiger partial charge in [0.2, 0.25) is 5.43 Å². The van der Waals surface area contributed by atoms with Gasteiger partial charge in [-0.1, -0.05) is 13.3 Å². The van der Waals surface area contributed by atoms with Gasteiger partial charge in [-0.25, -0.2) is 0 Å². The Morgan fingerprint density at radius 3 is 2.82 bits per heavy atom. The number of β-amino-alcohol motifs (C(OH)–C–C–N with tert-alkyl or cyclic N) is 1. The molecule has 2 heterocycles. The van der Waals surface area contributed by atoms with Crippen LogP contribution in [0.2, 0.25) is 0 Å². The van der Waals surface area contributed by atoms with E-state index in [4.69, 9.17) is 9.52 Å². The molecule has 17 heavy (non-hydrogen) atoms. The Hall–Kier alpha value is -1.33. The summed E-state index contributed by atoms with van der Waals surface area (Å²) in [7, 11) is 0. The van der Waals surface area contributed by atoms with Gasteiger partial charge in [-0.15, -0.1) is 0 Å². The lowest BCUT2D eigenvalue weighted by Gasteiger charge is -2.46. The van der Waals surface area contributed by atoms with Crippen LogP contribution in [-0.4, -0.2) is 33.8 Å². The van der Waals surface area contributed by atoms with Crippen LogP contribution >= 0.6 is 0 Å². The number of nitrogens with zero attached hydrogens (tertiary/aromatic N) is 1. The van der Waals surface area contributed by atoms with Crippen molar-refractivity contribution >= 4 is 0 Å². The highest BCUT2D eigenvalue weighted by Gasteiger charge is 2.40. The number of aromatic hydroxyl groups is 1. The van der Waals surface area contributed by atoms with Gasteiger partial charge in [-0.05, 0) is 6.42 Å². The lowest BCUT2D eigenvalue weighted by molar-refractivity contribution is -0.108. The van der Waals surface area contributed by atoms with Crippen molar-refractivity contribution < 1.29 is 14.6 Å². The van der Waals surface area contributed by atoms with E-state index in [1.165, 1.54) is 6.07 Å². The molecule has 0 spiro atoms. The van der Waals surface area contributed by atoms with Gasteiger partial charge < -0.3 is 14.6 Å². The molecule has 0 bridgehead atoms. The Balaban J connectivity index is 1.92. The maximum absolute atomic E-state index is 11.2. The number of aliphatic hydroxyl groups is 1. The van der Waals surface area contributed by atoms with Crippen LogP contribution in [0.4, 0.5) is 0 Å². The van der Waals surface area contributed by atoms with Crippen molar-refractivity contribution in [2.45, 2.75) is 31.9 Å². The maximum atomic E-state index is 11.2. The second-order valence-corrected chi connectivity index (χ2v) is 4.72. The number of hydrogen-bond donors (Lipinski definition) is 2. The SMILES string of the molecule is CCCC1(O)CN(Cc2cc(=O)c(O)co2)C1. The zero-order valence-electron chi connectivity index (χ0n) is 9.85. The predicted octanol–water partition coefficient (Wildman–Crippen LogP) is 0.692. The third-order valence-corrected chi connectivity index (χ3v) is 3.00. The van der Waals surface area contributed by atoms with E-state index in [1.54, 1.807) is 0 Å². The van der Waals surface area contributed by atoms with Gasteiger partial charge in [-0.3, -0.25) is 9.69 Å². The summed E-state index contributed by atoms with van der Waals surface area (Å²) < 4.78 is 5.10. The molecule has 2 rings (SSSR count). The molecule has 1 aromatic rings. The Morgan fingerprint density at radius 1 is 1.53 bits per heavy atom. The van der Waals surface area contributed by atoms with Crippen LogP contribution < -0.4 is 5.43 Å². The van der Waals surface area contributed by atoms with Crippen LogP contribution in [0, 0.1) is 0 Å². The van der Waals surface area contributed by atoms with E-state index in [-0.39, 0.29) is 5.75 Å². The molecular weight excluding hydrogens is 222 g/mol. The summed E-state index contributed by atoms with van der Waals surface area (Å²) in [6, 6.07) is 1.28. The van der Waals surface area contributed by atoms with Crippen LogP contribution in [-0.2, 0) is 6.54 Å². The van der Waals surface area contributed by atoms with E-state index < -0.39 is 11.0 Å². The van der Waals surface area contributed by atoms with Crippen molar-refractivity contribution in [1.29, 1.82) is 0 Å². The summed E-state index contributed by atoms with van der Waals surface area (Å²) in [5.41, 5.74) is -1.01. The minimum atomic E-state index is -0.577. The number of rotatable bonds is 4. The van der Waals surface area contributed by atoms with Crippen LogP contribution in [0.5, 0.6) is 5.75 Å². The van der Waals surface area contributed by atoms with Crippen molar-refractivity contribution in [3.63, 3.8) is 0 Å². The first-order valence-corrected chi connectivity index (χ1v) is 5.78. The molecule has 0 amide bonds. The molecule has 1 aliphatic rings. The monoisotopic (exact) mass is 239 g/mol. The average Bonchev–Trinajstić information content (AvgIpc) is 2.22. The van der Waals surface area contributed by atoms with Gasteiger partial charge in [-0.2, -0.15) is 0 Å². The van der Waals surface area contributed by atoms with Gasteiger partial charge in [0.1, 0.15) is 12.0 Å². The second kappa shape index (κ2) is 4.50. The third-order valence-electron chi connectivity index (χ3n) is 3.00. The zero-order chi connectivity index (χ0) is 12.5. The van der Waals surface area contributed by atoms with Gasteiger partial charge in [0.25, 0.3) is 0 Å². The van der Waals surface area contributed by atoms with Crippen LogP contribution in [0.3, 0.4) is 0 Å². The van der Waals surface area contributed by atoms with E-state index in [2.05, 4.69) is 0 Å². The molecule has 5 nitrogen and oxygen atoms in total. The molecule has 0 radical (unpaired) electrons. The van der Waals surface area contributed by atoms with Crippen molar-refractivity contribution in [2.24, 2.45) is 0 Å². The lowest BCUT2D eigenvalue weighted by atomic mass is 9.89. The smallest absolute Gasteiger partial charge is 0.226 e. The Morgan fingerprint density at radius 2 is 2.24 bits per heavy atom. The van der Waals surface area contributed by atoms with E-state index in [1.807, 2.05) is 11.8 Å². The van der Waals surface area contributed by atoms with Gasteiger partial charge >= 0.3 is 0 Å². The van der Waals surface area contributed by atoms with Crippen molar-refractivity contribution in [1.82, 2.24) is 4.90 Å². The van der Waals surface area contributed by atoms with Crippen molar-refractivity contribution in [3.05, 3.63) is 28.3 Å². The summed E-state index contributed by atoms with van der Waals surface area (Å²) in [5.74, 6) is 0.131. The highest BCUT2D eigenvalue weighted by molar-refractivity contribution is 5.15. The number of hydrogen-bond acceptors (Lipinski definition) is 5. The Bertz CT molecular complexity index is 448. The molecule has 0 aromatic carbocycles. The fourth-order valence-electron chi connectivity index (χ4n) is 2.27. The fourth-order valence-corrected chi connectivity index (χ4v) is 2.27. The van der Waals surface area contributed by atoms with Gasteiger partial charge in [0.15, 0.2) is 5.75 Å². The first-order chi connectivity index (χ1) is 8.02. The van der Waals surface area contributed by atoms with E-state index >= 15 is 0 Å². The molecule has 0 atom stereocenters. The minimum absolute atomic E-state index is 0.375. The molecule has 0 aliphatic carbocycles. The molecular formula is C12H17NO4. The van der Waals surface area contributed by atoms with Crippen molar-refractivity contribution in [2.75, 3.05) is 13.1 Å². The lowest BCUT2D eigenvalue weighted by Crippen LogP contribution is -2.60. The van der Waals surface area contributed by atoms with Gasteiger partial charge in [0, 0.05) is 19.2 Å². The molecule has 1 saturated heterocycles. The quantitative estimate of drug-likeness (QED) is 0.808. The Kier molecular flexibility index (Phi) is 3.22. The average molecular weight is 239 g/mol. The normalized spacial score (nSPS) is 18.9. The molecule has 5 heteroatoms. The van der Waals surface area contributed by atoms with E-state index in [0.29, 0.717) is 25.4 Å². The first kappa shape index (κ1) is 12.1. The highest BCUT2D eigenvalue weighted by atomic mass is 16.4. The second-order valence-electron chi connectivity index (χ2n) is 4.72.